The van der Waals surface area contributed by atoms with Gasteiger partial charge in [0.15, 0.2) is 0 Å². The van der Waals surface area contributed by atoms with E-state index in [0.717, 1.165) is 5.56 Å². The van der Waals surface area contributed by atoms with Gasteiger partial charge in [0.1, 0.15) is 0 Å². The van der Waals surface area contributed by atoms with Crippen molar-refractivity contribution < 1.29 is 14.7 Å². The minimum atomic E-state index is -0.837. The lowest BCUT2D eigenvalue weighted by atomic mass is 9.81. The molecule has 0 aliphatic rings. The van der Waals surface area contributed by atoms with Crippen molar-refractivity contribution in [3.05, 3.63) is 35.9 Å². The quantitative estimate of drug-likeness (QED) is 0.805. The number of carboxylic acid groups (broad SMARTS) is 1. The minimum Gasteiger partial charge on any atom is -0.481 e. The van der Waals surface area contributed by atoms with Gasteiger partial charge in [-0.1, -0.05) is 44.2 Å². The Kier molecular flexibility index (Phi) is 5.74. The molecule has 0 aromatic heterocycles. The van der Waals surface area contributed by atoms with Crippen molar-refractivity contribution in [1.82, 2.24) is 5.32 Å². The first kappa shape index (κ1) is 16.2. The van der Waals surface area contributed by atoms with Crippen LogP contribution in [0.1, 0.15) is 45.6 Å². The van der Waals surface area contributed by atoms with E-state index in [0.29, 0.717) is 12.8 Å². The van der Waals surface area contributed by atoms with E-state index in [4.69, 9.17) is 5.11 Å². The molecule has 0 aliphatic carbocycles. The van der Waals surface area contributed by atoms with Crippen molar-refractivity contribution in [3.63, 3.8) is 0 Å². The summed E-state index contributed by atoms with van der Waals surface area (Å²) in [6.07, 6.45) is 0.908. The Morgan fingerprint density at radius 3 is 2.40 bits per heavy atom. The van der Waals surface area contributed by atoms with Crippen LogP contribution in [-0.2, 0) is 15.0 Å². The minimum absolute atomic E-state index is 0.0447. The number of rotatable bonds is 7. The SMILES string of the molecule is CC(CCC(=O)O)NC(=O)CC(C)(C)c1ccccc1. The second-order valence-electron chi connectivity index (χ2n) is 5.83. The van der Waals surface area contributed by atoms with Crippen molar-refractivity contribution in [2.45, 2.75) is 51.5 Å². The fourth-order valence-corrected chi connectivity index (χ4v) is 2.13. The molecule has 0 aliphatic heterocycles. The third-order valence-corrected chi connectivity index (χ3v) is 3.36. The van der Waals surface area contributed by atoms with E-state index in [9.17, 15) is 9.59 Å². The molecule has 0 radical (unpaired) electrons. The van der Waals surface area contributed by atoms with Gasteiger partial charge in [0.25, 0.3) is 0 Å². The molecule has 1 rings (SSSR count). The summed E-state index contributed by atoms with van der Waals surface area (Å²) in [4.78, 5) is 22.5. The van der Waals surface area contributed by atoms with Gasteiger partial charge in [0, 0.05) is 18.9 Å². The summed E-state index contributed by atoms with van der Waals surface area (Å²) in [5, 5.41) is 11.5. The number of carbonyl (C=O) groups excluding carboxylic acids is 1. The van der Waals surface area contributed by atoms with Gasteiger partial charge < -0.3 is 10.4 Å². The first-order valence-electron chi connectivity index (χ1n) is 6.88. The molecule has 0 bridgehead atoms. The predicted octanol–water partition coefficient (Wildman–Crippen LogP) is 2.72. The number of aliphatic carboxylic acids is 1. The summed E-state index contributed by atoms with van der Waals surface area (Å²) in [7, 11) is 0. The maximum absolute atomic E-state index is 12.0. The van der Waals surface area contributed by atoms with Crippen LogP contribution in [0.15, 0.2) is 30.3 Å². The highest BCUT2D eigenvalue weighted by Gasteiger charge is 2.24. The highest BCUT2D eigenvalue weighted by atomic mass is 16.4. The van der Waals surface area contributed by atoms with Crippen LogP contribution < -0.4 is 5.32 Å². The first-order chi connectivity index (χ1) is 9.31. The van der Waals surface area contributed by atoms with E-state index in [1.54, 1.807) is 0 Å². The average molecular weight is 277 g/mol. The van der Waals surface area contributed by atoms with Crippen LogP contribution in [0.4, 0.5) is 0 Å². The predicted molar refractivity (Wildman–Crippen MR) is 78.6 cm³/mol. The molecule has 2 N–H and O–H groups in total. The lowest BCUT2D eigenvalue weighted by Gasteiger charge is -2.25. The van der Waals surface area contributed by atoms with E-state index in [1.807, 2.05) is 51.1 Å². The zero-order valence-electron chi connectivity index (χ0n) is 12.3. The Labute approximate surface area is 120 Å². The molecule has 0 spiro atoms. The standard InChI is InChI=1S/C16H23NO3/c1-12(9-10-15(19)20)17-14(18)11-16(2,3)13-7-5-4-6-8-13/h4-8,12H,9-11H2,1-3H3,(H,17,18)(H,19,20). The van der Waals surface area contributed by atoms with Crippen molar-refractivity contribution >= 4 is 11.9 Å². The van der Waals surface area contributed by atoms with Crippen molar-refractivity contribution in [3.8, 4) is 0 Å². The van der Waals surface area contributed by atoms with E-state index >= 15 is 0 Å². The zero-order chi connectivity index (χ0) is 15.2. The van der Waals surface area contributed by atoms with Crippen molar-refractivity contribution in [2.75, 3.05) is 0 Å². The third kappa shape index (κ3) is 5.43. The molecule has 1 aromatic carbocycles. The van der Waals surface area contributed by atoms with Crippen molar-refractivity contribution in [2.24, 2.45) is 0 Å². The van der Waals surface area contributed by atoms with Crippen LogP contribution in [0.25, 0.3) is 0 Å². The fraction of sp³-hybridized carbons (Fsp3) is 0.500. The second-order valence-corrected chi connectivity index (χ2v) is 5.83. The Bertz CT molecular complexity index is 454. The van der Waals surface area contributed by atoms with Gasteiger partial charge in [-0.15, -0.1) is 0 Å². The first-order valence-corrected chi connectivity index (χ1v) is 6.88. The average Bonchev–Trinajstić information content (AvgIpc) is 2.36. The second kappa shape index (κ2) is 7.08. The molecule has 20 heavy (non-hydrogen) atoms. The Morgan fingerprint density at radius 2 is 1.85 bits per heavy atom. The molecule has 1 unspecified atom stereocenters. The van der Waals surface area contributed by atoms with Gasteiger partial charge in [0.2, 0.25) is 5.91 Å². The van der Waals surface area contributed by atoms with Gasteiger partial charge in [0.05, 0.1) is 0 Å². The maximum atomic E-state index is 12.0. The van der Waals surface area contributed by atoms with E-state index in [-0.39, 0.29) is 23.8 Å². The number of amides is 1. The lowest BCUT2D eigenvalue weighted by molar-refractivity contribution is -0.137. The molecule has 1 aromatic rings. The Balaban J connectivity index is 2.51. The fourth-order valence-electron chi connectivity index (χ4n) is 2.13. The van der Waals surface area contributed by atoms with Crippen LogP contribution >= 0.6 is 0 Å². The summed E-state index contributed by atoms with van der Waals surface area (Å²) in [5.41, 5.74) is 0.881. The highest BCUT2D eigenvalue weighted by Crippen LogP contribution is 2.26. The zero-order valence-corrected chi connectivity index (χ0v) is 12.3. The summed E-state index contributed by atoms with van der Waals surface area (Å²) >= 11 is 0. The molecule has 1 atom stereocenters. The molecular formula is C16H23NO3. The topological polar surface area (TPSA) is 66.4 Å². The molecule has 4 heteroatoms. The number of benzene rings is 1. The molecule has 110 valence electrons. The normalized spacial score (nSPS) is 12.8. The molecular weight excluding hydrogens is 254 g/mol. The number of hydrogen-bond acceptors (Lipinski definition) is 2. The number of hydrogen-bond donors (Lipinski definition) is 2. The van der Waals surface area contributed by atoms with Crippen LogP contribution in [0.5, 0.6) is 0 Å². The van der Waals surface area contributed by atoms with Crippen LogP contribution in [0.2, 0.25) is 0 Å². The summed E-state index contributed by atoms with van der Waals surface area (Å²) in [5.74, 6) is -0.882. The molecule has 0 fully saturated rings. The van der Waals surface area contributed by atoms with Crippen molar-refractivity contribution in [1.29, 1.82) is 0 Å². The summed E-state index contributed by atoms with van der Waals surface area (Å²) < 4.78 is 0. The molecule has 0 saturated heterocycles. The van der Waals surface area contributed by atoms with Gasteiger partial charge in [-0.05, 0) is 24.3 Å². The van der Waals surface area contributed by atoms with Crippen LogP contribution in [0.3, 0.4) is 0 Å². The van der Waals surface area contributed by atoms with E-state index in [1.165, 1.54) is 0 Å². The molecule has 4 nitrogen and oxygen atoms in total. The lowest BCUT2D eigenvalue weighted by Crippen LogP contribution is -2.36. The molecule has 0 saturated carbocycles. The molecule has 1 amide bonds. The van der Waals surface area contributed by atoms with Crippen LogP contribution in [0, 0.1) is 0 Å². The van der Waals surface area contributed by atoms with Gasteiger partial charge in [-0.3, -0.25) is 9.59 Å². The number of carboxylic acids is 1. The van der Waals surface area contributed by atoms with Crippen LogP contribution in [-0.4, -0.2) is 23.0 Å². The molecule has 0 heterocycles. The monoisotopic (exact) mass is 277 g/mol. The third-order valence-electron chi connectivity index (χ3n) is 3.36. The van der Waals surface area contributed by atoms with Gasteiger partial charge in [-0.2, -0.15) is 0 Å². The highest BCUT2D eigenvalue weighted by molar-refractivity contribution is 5.78. The summed E-state index contributed by atoms with van der Waals surface area (Å²) in [6, 6.07) is 9.79. The summed E-state index contributed by atoms with van der Waals surface area (Å²) in [6.45, 7) is 5.89. The Hall–Kier alpha value is -1.84. The van der Waals surface area contributed by atoms with Gasteiger partial charge >= 0.3 is 5.97 Å². The van der Waals surface area contributed by atoms with E-state index < -0.39 is 5.97 Å². The maximum Gasteiger partial charge on any atom is 0.303 e. The smallest absolute Gasteiger partial charge is 0.303 e. The number of carbonyl (C=O) groups is 2. The largest absolute Gasteiger partial charge is 0.481 e. The van der Waals surface area contributed by atoms with E-state index in [2.05, 4.69) is 5.32 Å². The Morgan fingerprint density at radius 1 is 1.25 bits per heavy atom. The number of nitrogens with one attached hydrogen (secondary N) is 1. The van der Waals surface area contributed by atoms with Gasteiger partial charge in [-0.25, -0.2) is 0 Å².